The second-order valence-electron chi connectivity index (χ2n) is 6.44. The highest BCUT2D eigenvalue weighted by Crippen LogP contribution is 2.31. The highest BCUT2D eigenvalue weighted by atomic mass is 16.2. The number of hydrogen-bond donors (Lipinski definition) is 0. The molecule has 1 amide bonds. The van der Waals surface area contributed by atoms with Gasteiger partial charge in [0.15, 0.2) is 0 Å². The summed E-state index contributed by atoms with van der Waals surface area (Å²) in [6.07, 6.45) is 5.34. The van der Waals surface area contributed by atoms with Crippen LogP contribution < -0.4 is 0 Å². The standard InChI is InChI=1S/C18H24N2O/c1-14(10-15-6-4-3-5-7-15)12-20-16-8-9-17(20)13-19(2)18(21)11-16/h3-7,10,16-17H,8-9,11-13H2,1-2H3/b14-10+/t16-,17+/m1/s1. The summed E-state index contributed by atoms with van der Waals surface area (Å²) in [4.78, 5) is 16.5. The van der Waals surface area contributed by atoms with E-state index >= 15 is 0 Å². The fourth-order valence-electron chi connectivity index (χ4n) is 3.63. The Kier molecular flexibility index (Phi) is 4.11. The predicted octanol–water partition coefficient (Wildman–Crippen LogP) is 2.79. The molecule has 2 saturated heterocycles. The average Bonchev–Trinajstić information content (AvgIpc) is 2.76. The van der Waals surface area contributed by atoms with Gasteiger partial charge >= 0.3 is 0 Å². The number of carbonyl (C=O) groups excluding carboxylic acids is 1. The summed E-state index contributed by atoms with van der Waals surface area (Å²) < 4.78 is 0. The molecule has 2 atom stereocenters. The maximum atomic E-state index is 12.0. The van der Waals surface area contributed by atoms with Crippen molar-refractivity contribution in [1.29, 1.82) is 0 Å². The van der Waals surface area contributed by atoms with Gasteiger partial charge in [0, 0.05) is 38.6 Å². The first-order valence-electron chi connectivity index (χ1n) is 7.85. The summed E-state index contributed by atoms with van der Waals surface area (Å²) >= 11 is 0. The van der Waals surface area contributed by atoms with Crippen LogP contribution in [0.15, 0.2) is 35.9 Å². The van der Waals surface area contributed by atoms with Crippen molar-refractivity contribution in [3.05, 3.63) is 41.5 Å². The second-order valence-corrected chi connectivity index (χ2v) is 6.44. The van der Waals surface area contributed by atoms with Crippen molar-refractivity contribution >= 4 is 12.0 Å². The van der Waals surface area contributed by atoms with Crippen molar-refractivity contribution < 1.29 is 4.79 Å². The van der Waals surface area contributed by atoms with E-state index in [1.165, 1.54) is 24.0 Å². The molecule has 2 aliphatic heterocycles. The SMILES string of the molecule is C/C(=C\c1ccccc1)CN1[C@@H]2CC[C@H]1CN(C)C(=O)C2. The summed E-state index contributed by atoms with van der Waals surface area (Å²) in [5, 5.41) is 0. The highest BCUT2D eigenvalue weighted by molar-refractivity contribution is 5.77. The Labute approximate surface area is 127 Å². The van der Waals surface area contributed by atoms with Crippen molar-refractivity contribution in [1.82, 2.24) is 9.80 Å². The minimum atomic E-state index is 0.303. The van der Waals surface area contributed by atoms with Crippen LogP contribution in [-0.4, -0.2) is 47.9 Å². The number of likely N-dealkylation sites (tertiary alicyclic amines) is 1. The van der Waals surface area contributed by atoms with Gasteiger partial charge in [0.2, 0.25) is 5.91 Å². The van der Waals surface area contributed by atoms with Gasteiger partial charge in [-0.25, -0.2) is 0 Å². The van der Waals surface area contributed by atoms with E-state index in [1.54, 1.807) is 0 Å². The van der Waals surface area contributed by atoms with Crippen molar-refractivity contribution in [2.75, 3.05) is 20.1 Å². The fourth-order valence-corrected chi connectivity index (χ4v) is 3.63. The van der Waals surface area contributed by atoms with Crippen LogP contribution >= 0.6 is 0 Å². The van der Waals surface area contributed by atoms with Gasteiger partial charge in [-0.05, 0) is 25.3 Å². The van der Waals surface area contributed by atoms with Crippen LogP contribution in [0.25, 0.3) is 6.08 Å². The highest BCUT2D eigenvalue weighted by Gasteiger charge is 2.38. The zero-order chi connectivity index (χ0) is 14.8. The third-order valence-electron chi connectivity index (χ3n) is 4.74. The fraction of sp³-hybridized carbons (Fsp3) is 0.500. The Hall–Kier alpha value is -1.61. The molecule has 0 N–H and O–H groups in total. The molecular weight excluding hydrogens is 260 g/mol. The van der Waals surface area contributed by atoms with Crippen LogP contribution in [0, 0.1) is 0 Å². The molecular formula is C18H24N2O. The zero-order valence-corrected chi connectivity index (χ0v) is 13.0. The molecule has 2 heterocycles. The molecule has 0 radical (unpaired) electrons. The molecule has 0 spiro atoms. The van der Waals surface area contributed by atoms with Crippen LogP contribution in [0.4, 0.5) is 0 Å². The predicted molar refractivity (Wildman–Crippen MR) is 85.9 cm³/mol. The topological polar surface area (TPSA) is 23.6 Å². The molecule has 2 fully saturated rings. The minimum Gasteiger partial charge on any atom is -0.344 e. The third kappa shape index (κ3) is 3.18. The average molecular weight is 284 g/mol. The van der Waals surface area contributed by atoms with Gasteiger partial charge in [-0.1, -0.05) is 42.0 Å². The maximum absolute atomic E-state index is 12.0. The van der Waals surface area contributed by atoms with Crippen molar-refractivity contribution in [2.45, 2.75) is 38.3 Å². The van der Waals surface area contributed by atoms with E-state index < -0.39 is 0 Å². The van der Waals surface area contributed by atoms with Crippen LogP contribution in [-0.2, 0) is 4.79 Å². The zero-order valence-electron chi connectivity index (χ0n) is 13.0. The number of carbonyl (C=O) groups is 1. The number of nitrogens with zero attached hydrogens (tertiary/aromatic N) is 2. The lowest BCUT2D eigenvalue weighted by Crippen LogP contribution is -2.39. The Balaban J connectivity index is 1.72. The number of benzene rings is 1. The van der Waals surface area contributed by atoms with Gasteiger partial charge in [0.1, 0.15) is 0 Å². The molecule has 2 aliphatic rings. The van der Waals surface area contributed by atoms with Crippen molar-refractivity contribution in [3.8, 4) is 0 Å². The molecule has 0 aliphatic carbocycles. The molecule has 3 heteroatoms. The quantitative estimate of drug-likeness (QED) is 0.852. The summed E-state index contributed by atoms with van der Waals surface area (Å²) in [5.41, 5.74) is 2.63. The summed E-state index contributed by atoms with van der Waals surface area (Å²) in [6.45, 7) is 4.06. The Morgan fingerprint density at radius 1 is 1.24 bits per heavy atom. The number of hydrogen-bond acceptors (Lipinski definition) is 2. The van der Waals surface area contributed by atoms with Crippen molar-refractivity contribution in [2.24, 2.45) is 0 Å². The monoisotopic (exact) mass is 284 g/mol. The van der Waals surface area contributed by atoms with E-state index in [0.717, 1.165) is 13.1 Å². The number of rotatable bonds is 3. The second kappa shape index (κ2) is 6.02. The van der Waals surface area contributed by atoms with Gasteiger partial charge in [-0.15, -0.1) is 0 Å². The molecule has 1 aromatic carbocycles. The van der Waals surface area contributed by atoms with E-state index in [0.29, 0.717) is 24.4 Å². The molecule has 3 nitrogen and oxygen atoms in total. The van der Waals surface area contributed by atoms with E-state index in [1.807, 2.05) is 18.0 Å². The summed E-state index contributed by atoms with van der Waals surface area (Å²) in [7, 11) is 1.94. The van der Waals surface area contributed by atoms with Gasteiger partial charge in [-0.3, -0.25) is 9.69 Å². The Bertz CT molecular complexity index is 537. The van der Waals surface area contributed by atoms with Gasteiger partial charge in [-0.2, -0.15) is 0 Å². The molecule has 2 bridgehead atoms. The number of likely N-dealkylation sites (N-methyl/N-ethyl adjacent to an activating group) is 1. The van der Waals surface area contributed by atoms with Gasteiger partial charge in [0.25, 0.3) is 0 Å². The first-order valence-corrected chi connectivity index (χ1v) is 7.85. The lowest BCUT2D eigenvalue weighted by atomic mass is 10.1. The van der Waals surface area contributed by atoms with Crippen LogP contribution in [0.5, 0.6) is 0 Å². The van der Waals surface area contributed by atoms with Gasteiger partial charge in [0.05, 0.1) is 0 Å². The first-order chi connectivity index (χ1) is 10.1. The van der Waals surface area contributed by atoms with Crippen molar-refractivity contribution in [3.63, 3.8) is 0 Å². The summed E-state index contributed by atoms with van der Waals surface area (Å²) in [5.74, 6) is 0.303. The normalized spacial score (nSPS) is 27.0. The van der Waals surface area contributed by atoms with E-state index in [4.69, 9.17) is 0 Å². The lowest BCUT2D eigenvalue weighted by Gasteiger charge is -2.28. The van der Waals surface area contributed by atoms with E-state index in [-0.39, 0.29) is 0 Å². The molecule has 0 aromatic heterocycles. The molecule has 3 rings (SSSR count). The largest absolute Gasteiger partial charge is 0.344 e. The molecule has 112 valence electrons. The molecule has 1 aromatic rings. The smallest absolute Gasteiger partial charge is 0.223 e. The van der Waals surface area contributed by atoms with Gasteiger partial charge < -0.3 is 4.90 Å². The van der Waals surface area contributed by atoms with E-state index in [2.05, 4.69) is 42.2 Å². The first kappa shape index (κ1) is 14.3. The van der Waals surface area contributed by atoms with Crippen LogP contribution in [0.3, 0.4) is 0 Å². The van der Waals surface area contributed by atoms with Crippen LogP contribution in [0.1, 0.15) is 31.7 Å². The van der Waals surface area contributed by atoms with Crippen LogP contribution in [0.2, 0.25) is 0 Å². The Morgan fingerprint density at radius 2 is 1.95 bits per heavy atom. The Morgan fingerprint density at radius 3 is 2.71 bits per heavy atom. The summed E-state index contributed by atoms with van der Waals surface area (Å²) in [6, 6.07) is 11.4. The third-order valence-corrected chi connectivity index (χ3v) is 4.74. The molecule has 21 heavy (non-hydrogen) atoms. The number of amides is 1. The number of fused-ring (bicyclic) bond motifs is 2. The lowest BCUT2D eigenvalue weighted by molar-refractivity contribution is -0.130. The maximum Gasteiger partial charge on any atom is 0.223 e. The molecule has 0 unspecified atom stereocenters. The minimum absolute atomic E-state index is 0.303. The van der Waals surface area contributed by atoms with E-state index in [9.17, 15) is 4.79 Å². The molecule has 0 saturated carbocycles.